The number of benzene rings is 1. The molecule has 7 heteroatoms. The van der Waals surface area contributed by atoms with Gasteiger partial charge in [0.15, 0.2) is 5.96 Å². The summed E-state index contributed by atoms with van der Waals surface area (Å²) in [7, 11) is 0. The van der Waals surface area contributed by atoms with E-state index in [0.717, 1.165) is 29.5 Å². The molecule has 0 amide bonds. The summed E-state index contributed by atoms with van der Waals surface area (Å²) < 4.78 is 13.8. The lowest BCUT2D eigenvalue weighted by molar-refractivity contribution is 0.607. The Morgan fingerprint density at radius 3 is 2.88 bits per heavy atom. The topological polar surface area (TPSA) is 49.3 Å². The first-order valence-electron chi connectivity index (χ1n) is 7.88. The first-order valence-corrected chi connectivity index (χ1v) is 8.69. The van der Waals surface area contributed by atoms with Crippen molar-refractivity contribution in [1.82, 2.24) is 15.6 Å². The van der Waals surface area contributed by atoms with Gasteiger partial charge in [0.25, 0.3) is 0 Å². The third kappa shape index (κ3) is 4.89. The van der Waals surface area contributed by atoms with Crippen LogP contribution in [0.1, 0.15) is 34.7 Å². The van der Waals surface area contributed by atoms with E-state index < -0.39 is 0 Å². The number of nitrogens with zero attached hydrogens (tertiary/aromatic N) is 2. The van der Waals surface area contributed by atoms with E-state index in [2.05, 4.69) is 20.6 Å². The van der Waals surface area contributed by atoms with Crippen LogP contribution in [-0.2, 0) is 6.54 Å². The SMILES string of the molecule is CCNC(=NCc1ncc(C)s1)NC1CC1c1ccccc1F.I. The van der Waals surface area contributed by atoms with Crippen LogP contribution in [-0.4, -0.2) is 23.5 Å². The van der Waals surface area contributed by atoms with E-state index in [9.17, 15) is 4.39 Å². The van der Waals surface area contributed by atoms with Crippen molar-refractivity contribution < 1.29 is 4.39 Å². The molecule has 2 N–H and O–H groups in total. The maximum atomic E-state index is 13.8. The van der Waals surface area contributed by atoms with Crippen LogP contribution < -0.4 is 10.6 Å². The van der Waals surface area contributed by atoms with Gasteiger partial charge in [-0.15, -0.1) is 35.3 Å². The van der Waals surface area contributed by atoms with Gasteiger partial charge in [-0.3, -0.25) is 0 Å². The van der Waals surface area contributed by atoms with Gasteiger partial charge in [0.1, 0.15) is 10.8 Å². The van der Waals surface area contributed by atoms with Crippen LogP contribution in [0.15, 0.2) is 35.5 Å². The van der Waals surface area contributed by atoms with Crippen molar-refractivity contribution in [3.05, 3.63) is 51.7 Å². The number of hydrogen-bond donors (Lipinski definition) is 2. The van der Waals surface area contributed by atoms with Crippen molar-refractivity contribution in [2.75, 3.05) is 6.54 Å². The molecule has 1 aliphatic rings. The zero-order valence-electron chi connectivity index (χ0n) is 13.8. The maximum Gasteiger partial charge on any atom is 0.191 e. The highest BCUT2D eigenvalue weighted by Gasteiger charge is 2.40. The summed E-state index contributed by atoms with van der Waals surface area (Å²) in [4.78, 5) is 10.1. The summed E-state index contributed by atoms with van der Waals surface area (Å²) >= 11 is 1.66. The Morgan fingerprint density at radius 1 is 1.42 bits per heavy atom. The minimum absolute atomic E-state index is 0. The molecule has 1 aromatic heterocycles. The number of aromatic nitrogens is 1. The highest BCUT2D eigenvalue weighted by molar-refractivity contribution is 14.0. The largest absolute Gasteiger partial charge is 0.357 e. The summed E-state index contributed by atoms with van der Waals surface area (Å²) in [5.74, 6) is 0.869. The number of rotatable bonds is 5. The lowest BCUT2D eigenvalue weighted by Gasteiger charge is -2.11. The third-order valence-electron chi connectivity index (χ3n) is 3.80. The van der Waals surface area contributed by atoms with E-state index in [1.54, 1.807) is 17.4 Å². The normalized spacial score (nSPS) is 19.5. The standard InChI is InChI=1S/C17H21FN4S.HI/c1-3-19-17(21-10-16-20-9-11(2)23-16)22-15-8-13(15)12-6-4-5-7-14(12)18;/h4-7,9,13,15H,3,8,10H2,1-2H3,(H2,19,21,22);1H. The van der Waals surface area contributed by atoms with E-state index in [-0.39, 0.29) is 41.8 Å². The molecule has 1 fully saturated rings. The predicted molar refractivity (Wildman–Crippen MR) is 108 cm³/mol. The number of hydrogen-bond acceptors (Lipinski definition) is 3. The molecule has 130 valence electrons. The van der Waals surface area contributed by atoms with Gasteiger partial charge in [0, 0.05) is 29.6 Å². The van der Waals surface area contributed by atoms with E-state index in [1.165, 1.54) is 10.9 Å². The van der Waals surface area contributed by atoms with Gasteiger partial charge < -0.3 is 10.6 Å². The summed E-state index contributed by atoms with van der Waals surface area (Å²) in [6.07, 6.45) is 2.80. The molecule has 24 heavy (non-hydrogen) atoms. The van der Waals surface area contributed by atoms with Crippen molar-refractivity contribution in [1.29, 1.82) is 0 Å². The van der Waals surface area contributed by atoms with Gasteiger partial charge >= 0.3 is 0 Å². The minimum atomic E-state index is -0.123. The van der Waals surface area contributed by atoms with E-state index >= 15 is 0 Å². The van der Waals surface area contributed by atoms with Crippen LogP contribution >= 0.6 is 35.3 Å². The molecular weight excluding hydrogens is 438 g/mol. The van der Waals surface area contributed by atoms with Gasteiger partial charge in [0.2, 0.25) is 0 Å². The molecule has 1 heterocycles. The van der Waals surface area contributed by atoms with Crippen LogP contribution in [0.5, 0.6) is 0 Å². The van der Waals surface area contributed by atoms with Crippen molar-refractivity contribution >= 4 is 41.3 Å². The number of halogens is 2. The molecule has 0 aliphatic heterocycles. The molecule has 2 atom stereocenters. The first kappa shape index (κ1) is 19.1. The number of thiazole rings is 1. The van der Waals surface area contributed by atoms with Gasteiger partial charge in [-0.25, -0.2) is 14.4 Å². The van der Waals surface area contributed by atoms with Crippen molar-refractivity contribution in [2.24, 2.45) is 4.99 Å². The lowest BCUT2D eigenvalue weighted by Crippen LogP contribution is -2.39. The minimum Gasteiger partial charge on any atom is -0.357 e. The Labute approximate surface area is 163 Å². The average Bonchev–Trinajstić information content (AvgIpc) is 3.16. The van der Waals surface area contributed by atoms with Crippen LogP contribution in [0.25, 0.3) is 0 Å². The summed E-state index contributed by atoms with van der Waals surface area (Å²) in [5.41, 5.74) is 0.788. The third-order valence-corrected chi connectivity index (χ3v) is 4.70. The molecule has 4 nitrogen and oxygen atoms in total. The van der Waals surface area contributed by atoms with Gasteiger partial charge in [0.05, 0.1) is 6.54 Å². The Morgan fingerprint density at radius 2 is 2.21 bits per heavy atom. The summed E-state index contributed by atoms with van der Waals surface area (Å²) in [5, 5.41) is 7.63. The average molecular weight is 460 g/mol. The lowest BCUT2D eigenvalue weighted by atomic mass is 10.1. The quantitative estimate of drug-likeness (QED) is 0.405. The number of aryl methyl sites for hydroxylation is 1. The molecule has 3 rings (SSSR count). The maximum absolute atomic E-state index is 13.8. The number of aliphatic imine (C=N–C) groups is 1. The molecule has 1 aliphatic carbocycles. The monoisotopic (exact) mass is 460 g/mol. The second kappa shape index (κ2) is 8.75. The number of nitrogens with one attached hydrogen (secondary N) is 2. The molecule has 1 aromatic carbocycles. The van der Waals surface area contributed by atoms with E-state index in [0.29, 0.717) is 6.54 Å². The summed E-state index contributed by atoms with van der Waals surface area (Å²) in [6, 6.07) is 7.24. The molecule has 0 bridgehead atoms. The van der Waals surface area contributed by atoms with Crippen LogP contribution in [0, 0.1) is 12.7 Å². The van der Waals surface area contributed by atoms with E-state index in [1.807, 2.05) is 32.2 Å². The van der Waals surface area contributed by atoms with Gasteiger partial charge in [-0.05, 0) is 31.9 Å². The van der Waals surface area contributed by atoms with Crippen molar-refractivity contribution in [3.63, 3.8) is 0 Å². The van der Waals surface area contributed by atoms with Crippen molar-refractivity contribution in [2.45, 2.75) is 38.8 Å². The van der Waals surface area contributed by atoms with E-state index in [4.69, 9.17) is 0 Å². The Balaban J connectivity index is 0.00000208. The van der Waals surface area contributed by atoms with Crippen LogP contribution in [0.4, 0.5) is 4.39 Å². The first-order chi connectivity index (χ1) is 11.2. The predicted octanol–water partition coefficient (Wildman–Crippen LogP) is 3.82. The molecule has 0 saturated heterocycles. The number of guanidine groups is 1. The Bertz CT molecular complexity index is 703. The molecule has 2 unspecified atom stereocenters. The van der Waals surface area contributed by atoms with Crippen molar-refractivity contribution in [3.8, 4) is 0 Å². The van der Waals surface area contributed by atoms with Gasteiger partial charge in [-0.1, -0.05) is 18.2 Å². The Kier molecular flexibility index (Phi) is 6.97. The molecule has 0 radical (unpaired) electrons. The smallest absolute Gasteiger partial charge is 0.191 e. The molecule has 2 aromatic rings. The Hall–Kier alpha value is -1.22. The van der Waals surface area contributed by atoms with Crippen LogP contribution in [0.3, 0.4) is 0 Å². The van der Waals surface area contributed by atoms with Crippen LogP contribution in [0.2, 0.25) is 0 Å². The zero-order valence-corrected chi connectivity index (χ0v) is 16.9. The fourth-order valence-electron chi connectivity index (χ4n) is 2.59. The fraction of sp³-hybridized carbons (Fsp3) is 0.412. The fourth-order valence-corrected chi connectivity index (χ4v) is 3.30. The second-order valence-corrected chi connectivity index (χ2v) is 6.99. The summed E-state index contributed by atoms with van der Waals surface area (Å²) in [6.45, 7) is 5.42. The zero-order chi connectivity index (χ0) is 16.2. The highest BCUT2D eigenvalue weighted by atomic mass is 127. The van der Waals surface area contributed by atoms with Gasteiger partial charge in [-0.2, -0.15) is 0 Å². The molecule has 1 saturated carbocycles. The highest BCUT2D eigenvalue weighted by Crippen LogP contribution is 2.41. The molecular formula is C17H22FIN4S. The molecule has 0 spiro atoms. The second-order valence-electron chi connectivity index (χ2n) is 5.67.